The number of likely N-dealkylation sites (N-methyl/N-ethyl adjacent to an activating group) is 1. The van der Waals surface area contributed by atoms with Crippen molar-refractivity contribution in [2.75, 3.05) is 46.8 Å². The van der Waals surface area contributed by atoms with Crippen molar-refractivity contribution in [2.24, 2.45) is 5.92 Å². The quantitative estimate of drug-likeness (QED) is 0.778. The van der Waals surface area contributed by atoms with Crippen LogP contribution in [0.4, 0.5) is 4.39 Å². The molecule has 4 heteroatoms. The van der Waals surface area contributed by atoms with Gasteiger partial charge in [0.15, 0.2) is 0 Å². The number of hydrogen-bond acceptors (Lipinski definition) is 3. The Labute approximate surface area is 128 Å². The minimum atomic E-state index is -0.0799. The first-order valence-electron chi connectivity index (χ1n) is 7.96. The zero-order chi connectivity index (χ0) is 15.1. The van der Waals surface area contributed by atoms with E-state index >= 15 is 0 Å². The summed E-state index contributed by atoms with van der Waals surface area (Å²) in [6, 6.07) is 7.13. The van der Waals surface area contributed by atoms with Crippen LogP contribution in [0.15, 0.2) is 24.3 Å². The number of piperidine rings is 1. The van der Waals surface area contributed by atoms with Crippen LogP contribution in [0.5, 0.6) is 0 Å². The average Bonchev–Trinajstić information content (AvgIpc) is 2.46. The third-order valence-corrected chi connectivity index (χ3v) is 4.12. The Bertz CT molecular complexity index is 422. The van der Waals surface area contributed by atoms with Gasteiger partial charge in [0, 0.05) is 31.7 Å². The van der Waals surface area contributed by atoms with Gasteiger partial charge < -0.3 is 10.2 Å². The van der Waals surface area contributed by atoms with Gasteiger partial charge in [0.1, 0.15) is 5.82 Å². The standard InChI is InChI=1S/C17H28FN3/c1-20(2)11-9-19-12-15-6-5-10-21(13-15)14-16-7-3-4-8-17(16)18/h3-4,7-8,15,19H,5-6,9-14H2,1-2H3/t15-/m1/s1. The van der Waals surface area contributed by atoms with Crippen LogP contribution in [0.3, 0.4) is 0 Å². The summed E-state index contributed by atoms with van der Waals surface area (Å²) >= 11 is 0. The van der Waals surface area contributed by atoms with Crippen LogP contribution in [0.25, 0.3) is 0 Å². The molecule has 1 aromatic carbocycles. The van der Waals surface area contributed by atoms with Crippen LogP contribution < -0.4 is 5.32 Å². The Morgan fingerprint density at radius 1 is 1.33 bits per heavy atom. The van der Waals surface area contributed by atoms with Gasteiger partial charge in [-0.1, -0.05) is 18.2 Å². The number of likely N-dealkylation sites (tertiary alicyclic amines) is 1. The molecule has 1 aliphatic rings. The van der Waals surface area contributed by atoms with E-state index in [2.05, 4.69) is 29.2 Å². The highest BCUT2D eigenvalue weighted by molar-refractivity contribution is 5.17. The molecule has 0 unspecified atom stereocenters. The third-order valence-electron chi connectivity index (χ3n) is 4.12. The van der Waals surface area contributed by atoms with Crippen molar-refractivity contribution < 1.29 is 4.39 Å². The molecule has 1 heterocycles. The molecule has 0 aliphatic carbocycles. The van der Waals surface area contributed by atoms with E-state index in [-0.39, 0.29) is 5.82 Å². The van der Waals surface area contributed by atoms with Crippen molar-refractivity contribution in [3.63, 3.8) is 0 Å². The smallest absolute Gasteiger partial charge is 0.127 e. The van der Waals surface area contributed by atoms with Crippen LogP contribution in [-0.2, 0) is 6.54 Å². The number of hydrogen-bond donors (Lipinski definition) is 1. The number of halogens is 1. The van der Waals surface area contributed by atoms with Crippen LogP contribution >= 0.6 is 0 Å². The zero-order valence-corrected chi connectivity index (χ0v) is 13.3. The summed E-state index contributed by atoms with van der Waals surface area (Å²) in [6.45, 7) is 6.08. The Morgan fingerprint density at radius 3 is 2.90 bits per heavy atom. The maximum absolute atomic E-state index is 13.7. The average molecular weight is 293 g/mol. The van der Waals surface area contributed by atoms with Gasteiger partial charge in [-0.15, -0.1) is 0 Å². The first-order chi connectivity index (χ1) is 10.1. The summed E-state index contributed by atoms with van der Waals surface area (Å²) in [5.74, 6) is 0.608. The van der Waals surface area contributed by atoms with Crippen molar-refractivity contribution in [2.45, 2.75) is 19.4 Å². The lowest BCUT2D eigenvalue weighted by Gasteiger charge is -2.33. The molecule has 0 amide bonds. The Hall–Kier alpha value is -0.970. The Balaban J connectivity index is 1.74. The number of nitrogens with one attached hydrogen (secondary N) is 1. The predicted octanol–water partition coefficient (Wildman–Crippen LogP) is 2.19. The van der Waals surface area contributed by atoms with Crippen molar-refractivity contribution >= 4 is 0 Å². The second-order valence-corrected chi connectivity index (χ2v) is 6.34. The van der Waals surface area contributed by atoms with Gasteiger partial charge in [-0.3, -0.25) is 4.90 Å². The molecule has 2 rings (SSSR count). The van der Waals surface area contributed by atoms with Crippen molar-refractivity contribution in [3.05, 3.63) is 35.6 Å². The van der Waals surface area contributed by atoms with Gasteiger partial charge in [-0.2, -0.15) is 0 Å². The van der Waals surface area contributed by atoms with Crippen LogP contribution in [0.1, 0.15) is 18.4 Å². The fourth-order valence-electron chi connectivity index (χ4n) is 2.94. The molecule has 1 aromatic rings. The van der Waals surface area contributed by atoms with Crippen LogP contribution in [0.2, 0.25) is 0 Å². The third kappa shape index (κ3) is 5.73. The summed E-state index contributed by atoms with van der Waals surface area (Å²) in [5.41, 5.74) is 0.818. The van der Waals surface area contributed by atoms with E-state index in [4.69, 9.17) is 0 Å². The molecule has 0 spiro atoms. The summed E-state index contributed by atoms with van der Waals surface area (Å²) in [7, 11) is 4.19. The second kappa shape index (κ2) is 8.47. The lowest BCUT2D eigenvalue weighted by molar-refractivity contribution is 0.163. The molecule has 118 valence electrons. The minimum Gasteiger partial charge on any atom is -0.315 e. The number of rotatable bonds is 7. The lowest BCUT2D eigenvalue weighted by atomic mass is 9.97. The maximum atomic E-state index is 13.7. The van der Waals surface area contributed by atoms with E-state index in [0.29, 0.717) is 5.92 Å². The van der Waals surface area contributed by atoms with E-state index in [9.17, 15) is 4.39 Å². The molecule has 0 radical (unpaired) electrons. The summed E-state index contributed by atoms with van der Waals surface area (Å²) in [6.07, 6.45) is 2.50. The van der Waals surface area contributed by atoms with E-state index in [0.717, 1.165) is 44.8 Å². The molecule has 3 nitrogen and oxygen atoms in total. The topological polar surface area (TPSA) is 18.5 Å². The van der Waals surface area contributed by atoms with Gasteiger partial charge in [0.2, 0.25) is 0 Å². The van der Waals surface area contributed by atoms with Crippen molar-refractivity contribution in [1.82, 2.24) is 15.1 Å². The van der Waals surface area contributed by atoms with Gasteiger partial charge in [-0.05, 0) is 52.0 Å². The SMILES string of the molecule is CN(C)CCNC[C@H]1CCCN(Cc2ccccc2F)C1. The van der Waals surface area contributed by atoms with Gasteiger partial charge in [0.05, 0.1) is 0 Å². The van der Waals surface area contributed by atoms with E-state index in [1.54, 1.807) is 12.1 Å². The first-order valence-corrected chi connectivity index (χ1v) is 7.96. The fourth-order valence-corrected chi connectivity index (χ4v) is 2.94. The molecule has 1 N–H and O–H groups in total. The van der Waals surface area contributed by atoms with Crippen LogP contribution in [0, 0.1) is 11.7 Å². The zero-order valence-electron chi connectivity index (χ0n) is 13.3. The summed E-state index contributed by atoms with van der Waals surface area (Å²) in [5, 5.41) is 3.54. The molecule has 0 saturated carbocycles. The van der Waals surface area contributed by atoms with Crippen LogP contribution in [-0.4, -0.2) is 56.6 Å². The monoisotopic (exact) mass is 293 g/mol. The highest BCUT2D eigenvalue weighted by Gasteiger charge is 2.20. The summed E-state index contributed by atoms with van der Waals surface area (Å²) < 4.78 is 13.7. The normalized spacial score (nSPS) is 20.1. The predicted molar refractivity (Wildman–Crippen MR) is 85.8 cm³/mol. The Morgan fingerprint density at radius 2 is 2.14 bits per heavy atom. The molecule has 1 aliphatic heterocycles. The van der Waals surface area contributed by atoms with E-state index < -0.39 is 0 Å². The molecule has 21 heavy (non-hydrogen) atoms. The maximum Gasteiger partial charge on any atom is 0.127 e. The molecule has 0 bridgehead atoms. The van der Waals surface area contributed by atoms with Gasteiger partial charge in [-0.25, -0.2) is 4.39 Å². The molecule has 1 atom stereocenters. The van der Waals surface area contributed by atoms with Gasteiger partial charge >= 0.3 is 0 Å². The lowest BCUT2D eigenvalue weighted by Crippen LogP contribution is -2.40. The van der Waals surface area contributed by atoms with Crippen molar-refractivity contribution in [3.8, 4) is 0 Å². The molecular weight excluding hydrogens is 265 g/mol. The van der Waals surface area contributed by atoms with Gasteiger partial charge in [0.25, 0.3) is 0 Å². The molecular formula is C17H28FN3. The van der Waals surface area contributed by atoms with Crippen molar-refractivity contribution in [1.29, 1.82) is 0 Å². The number of benzene rings is 1. The van der Waals surface area contributed by atoms with E-state index in [1.807, 2.05) is 12.1 Å². The minimum absolute atomic E-state index is 0.0799. The second-order valence-electron chi connectivity index (χ2n) is 6.34. The van der Waals surface area contributed by atoms with E-state index in [1.165, 1.54) is 12.8 Å². The highest BCUT2D eigenvalue weighted by Crippen LogP contribution is 2.19. The fraction of sp³-hybridized carbons (Fsp3) is 0.647. The molecule has 1 fully saturated rings. The largest absolute Gasteiger partial charge is 0.315 e. The number of nitrogens with zero attached hydrogens (tertiary/aromatic N) is 2. The summed E-state index contributed by atoms with van der Waals surface area (Å²) in [4.78, 5) is 4.58. The molecule has 1 saturated heterocycles. The first kappa shape index (κ1) is 16.4. The highest BCUT2D eigenvalue weighted by atomic mass is 19.1. The molecule has 0 aromatic heterocycles. The Kier molecular flexibility index (Phi) is 6.61.